The highest BCUT2D eigenvalue weighted by Gasteiger charge is 2.43. The number of carbonyl (C=O) groups excluding carboxylic acids is 1. The molecule has 4 rings (SSSR count). The van der Waals surface area contributed by atoms with E-state index in [0.29, 0.717) is 0 Å². The van der Waals surface area contributed by atoms with Crippen LogP contribution in [0.4, 0.5) is 10.5 Å². The van der Waals surface area contributed by atoms with Gasteiger partial charge in [0.2, 0.25) is 0 Å². The summed E-state index contributed by atoms with van der Waals surface area (Å²) in [6.45, 7) is 2.00. The van der Waals surface area contributed by atoms with E-state index >= 15 is 0 Å². The molecule has 2 heterocycles. The second kappa shape index (κ2) is 5.39. The molecule has 1 fully saturated rings. The summed E-state index contributed by atoms with van der Waals surface area (Å²) in [6, 6.07) is 19.5. The first-order chi connectivity index (χ1) is 11.2. The second-order valence-electron chi connectivity index (χ2n) is 5.66. The molecular formula is C19H16N2O2. The van der Waals surface area contributed by atoms with Crippen LogP contribution in [0.1, 0.15) is 12.5 Å². The normalized spacial score (nSPS) is 23.0. The van der Waals surface area contributed by atoms with Crippen molar-refractivity contribution in [3.8, 4) is 0 Å². The van der Waals surface area contributed by atoms with Crippen molar-refractivity contribution in [2.75, 3.05) is 4.90 Å². The van der Waals surface area contributed by atoms with Crippen LogP contribution in [0.15, 0.2) is 77.3 Å². The van der Waals surface area contributed by atoms with E-state index in [0.717, 1.165) is 22.5 Å². The molecule has 0 aromatic heterocycles. The van der Waals surface area contributed by atoms with Gasteiger partial charge < -0.3 is 4.74 Å². The number of carbonyl (C=O) groups is 1. The van der Waals surface area contributed by atoms with Crippen LogP contribution >= 0.6 is 0 Å². The molecule has 0 N–H and O–H groups in total. The van der Waals surface area contributed by atoms with Crippen LogP contribution in [0.3, 0.4) is 0 Å². The molecule has 0 spiro atoms. The van der Waals surface area contributed by atoms with Gasteiger partial charge in [0.25, 0.3) is 0 Å². The van der Waals surface area contributed by atoms with Crippen LogP contribution < -0.4 is 4.90 Å². The maximum Gasteiger partial charge on any atom is 0.416 e. The van der Waals surface area contributed by atoms with Crippen molar-refractivity contribution in [1.82, 2.24) is 0 Å². The summed E-state index contributed by atoms with van der Waals surface area (Å²) in [5.74, 6) is 0. The van der Waals surface area contributed by atoms with E-state index in [1.807, 2.05) is 73.7 Å². The van der Waals surface area contributed by atoms with E-state index in [9.17, 15) is 4.79 Å². The monoisotopic (exact) mass is 304 g/mol. The van der Waals surface area contributed by atoms with Crippen molar-refractivity contribution < 1.29 is 9.53 Å². The quantitative estimate of drug-likeness (QED) is 0.847. The number of aliphatic imine (C=N–C) groups is 1. The van der Waals surface area contributed by atoms with Crippen molar-refractivity contribution in [3.63, 3.8) is 0 Å². The molecule has 0 radical (unpaired) electrons. The number of allylic oxidation sites excluding steroid dienone is 1. The molecule has 2 aromatic carbocycles. The highest BCUT2D eigenvalue weighted by atomic mass is 16.6. The van der Waals surface area contributed by atoms with Crippen LogP contribution in [0.25, 0.3) is 0 Å². The molecule has 0 saturated carbocycles. The molecule has 4 heteroatoms. The van der Waals surface area contributed by atoms with Gasteiger partial charge in [0, 0.05) is 11.3 Å². The third-order valence-electron chi connectivity index (χ3n) is 4.12. The first-order valence-corrected chi connectivity index (χ1v) is 7.61. The Balaban J connectivity index is 1.77. The van der Waals surface area contributed by atoms with Gasteiger partial charge in [-0.1, -0.05) is 48.5 Å². The number of para-hydroxylation sites is 1. The van der Waals surface area contributed by atoms with Gasteiger partial charge in [-0.05, 0) is 30.7 Å². The number of nitrogens with zero attached hydrogens (tertiary/aromatic N) is 2. The molecule has 0 bridgehead atoms. The predicted octanol–water partition coefficient (Wildman–Crippen LogP) is 3.79. The van der Waals surface area contributed by atoms with Gasteiger partial charge in [0.1, 0.15) is 0 Å². The van der Waals surface area contributed by atoms with Crippen LogP contribution in [-0.2, 0) is 4.74 Å². The highest BCUT2D eigenvalue weighted by Crippen LogP contribution is 2.32. The molecule has 0 unspecified atom stereocenters. The number of hydrogen-bond acceptors (Lipinski definition) is 3. The van der Waals surface area contributed by atoms with E-state index in [1.54, 1.807) is 4.90 Å². The Hall–Kier alpha value is -2.88. The first-order valence-electron chi connectivity index (χ1n) is 7.61. The van der Waals surface area contributed by atoms with E-state index in [-0.39, 0.29) is 18.4 Å². The molecule has 2 atom stereocenters. The lowest BCUT2D eigenvalue weighted by atomic mass is 9.98. The van der Waals surface area contributed by atoms with Crippen LogP contribution in [0, 0.1) is 0 Å². The third kappa shape index (κ3) is 2.32. The van der Waals surface area contributed by atoms with E-state index in [2.05, 4.69) is 0 Å². The minimum atomic E-state index is -0.358. The Kier molecular flexibility index (Phi) is 3.23. The van der Waals surface area contributed by atoms with Crippen molar-refractivity contribution in [2.45, 2.75) is 19.2 Å². The zero-order valence-electron chi connectivity index (χ0n) is 12.7. The van der Waals surface area contributed by atoms with E-state index < -0.39 is 0 Å². The average molecular weight is 304 g/mol. The zero-order valence-corrected chi connectivity index (χ0v) is 12.7. The van der Waals surface area contributed by atoms with Crippen molar-refractivity contribution in [2.24, 2.45) is 4.99 Å². The Morgan fingerprint density at radius 1 is 1.00 bits per heavy atom. The fourth-order valence-electron chi connectivity index (χ4n) is 3.04. The number of amides is 1. The number of dihydropyridines is 1. The lowest BCUT2D eigenvalue weighted by molar-refractivity contribution is 0.154. The SMILES string of the molecule is CC1=C[C@@H]2OC(=O)N(c3ccccc3)[C@@H]2N=C1c1ccccc1. The minimum absolute atomic E-state index is 0.338. The van der Waals surface area contributed by atoms with E-state index in [4.69, 9.17) is 9.73 Å². The number of rotatable bonds is 2. The lowest BCUT2D eigenvalue weighted by Crippen LogP contribution is -2.37. The summed E-state index contributed by atoms with van der Waals surface area (Å²) in [5.41, 5.74) is 3.78. The molecule has 2 aliphatic heterocycles. The van der Waals surface area contributed by atoms with Crippen molar-refractivity contribution >= 4 is 17.5 Å². The van der Waals surface area contributed by atoms with E-state index in [1.165, 1.54) is 0 Å². The maximum absolute atomic E-state index is 12.3. The molecule has 2 aromatic rings. The van der Waals surface area contributed by atoms with Crippen molar-refractivity contribution in [3.05, 3.63) is 77.9 Å². The number of anilines is 1. The number of hydrogen-bond donors (Lipinski definition) is 0. The summed E-state index contributed by atoms with van der Waals surface area (Å²) in [7, 11) is 0. The molecule has 0 aliphatic carbocycles. The third-order valence-corrected chi connectivity index (χ3v) is 4.12. The highest BCUT2D eigenvalue weighted by molar-refractivity contribution is 6.13. The summed E-state index contributed by atoms with van der Waals surface area (Å²) in [6.07, 6.45) is 0.938. The average Bonchev–Trinajstić information content (AvgIpc) is 2.90. The first kappa shape index (κ1) is 13.8. The zero-order chi connectivity index (χ0) is 15.8. The van der Waals surface area contributed by atoms with Crippen LogP contribution in [0.5, 0.6) is 0 Å². The smallest absolute Gasteiger partial charge is 0.416 e. The second-order valence-corrected chi connectivity index (χ2v) is 5.66. The number of benzene rings is 2. The maximum atomic E-state index is 12.3. The fourth-order valence-corrected chi connectivity index (χ4v) is 3.04. The molecule has 114 valence electrons. The summed E-state index contributed by atoms with van der Waals surface area (Å²) in [4.78, 5) is 18.7. The lowest BCUT2D eigenvalue weighted by Gasteiger charge is -2.25. The van der Waals surface area contributed by atoms with Crippen LogP contribution in [-0.4, -0.2) is 24.1 Å². The Morgan fingerprint density at radius 2 is 1.65 bits per heavy atom. The summed E-state index contributed by atoms with van der Waals surface area (Å²) in [5, 5.41) is 0. The molecule has 23 heavy (non-hydrogen) atoms. The summed E-state index contributed by atoms with van der Waals surface area (Å²) >= 11 is 0. The largest absolute Gasteiger partial charge is 0.437 e. The molecule has 1 amide bonds. The topological polar surface area (TPSA) is 41.9 Å². The van der Waals surface area contributed by atoms with Gasteiger partial charge >= 0.3 is 6.09 Å². The number of ether oxygens (including phenoxy) is 1. The molecule has 4 nitrogen and oxygen atoms in total. The molecule has 2 aliphatic rings. The standard InChI is InChI=1S/C19H16N2O2/c1-13-12-16-18(20-17(13)14-8-4-2-5-9-14)21(19(22)23-16)15-10-6-3-7-11-15/h2-12,16,18H,1H3/t16-,18-/m0/s1. The van der Waals surface area contributed by atoms with Gasteiger partial charge in [-0.25, -0.2) is 4.79 Å². The van der Waals surface area contributed by atoms with Crippen molar-refractivity contribution in [1.29, 1.82) is 0 Å². The Bertz CT molecular complexity index is 797. The fraction of sp³-hybridized carbons (Fsp3) is 0.158. The minimum Gasteiger partial charge on any atom is -0.437 e. The van der Waals surface area contributed by atoms with Crippen LogP contribution in [0.2, 0.25) is 0 Å². The summed E-state index contributed by atoms with van der Waals surface area (Å²) < 4.78 is 5.49. The van der Waals surface area contributed by atoms with Gasteiger partial charge in [-0.3, -0.25) is 9.89 Å². The molecular weight excluding hydrogens is 288 g/mol. The molecule has 1 saturated heterocycles. The Morgan fingerprint density at radius 3 is 2.35 bits per heavy atom. The van der Waals surface area contributed by atoms with Gasteiger partial charge in [-0.2, -0.15) is 0 Å². The van der Waals surface area contributed by atoms with Gasteiger partial charge in [0.15, 0.2) is 12.3 Å². The van der Waals surface area contributed by atoms with Gasteiger partial charge in [0.05, 0.1) is 5.71 Å². The number of fused-ring (bicyclic) bond motifs is 1. The Labute approximate surface area is 134 Å². The van der Waals surface area contributed by atoms with Gasteiger partial charge in [-0.15, -0.1) is 0 Å². The predicted molar refractivity (Wildman–Crippen MR) is 89.7 cm³/mol.